The highest BCUT2D eigenvalue weighted by atomic mass is 127. The Morgan fingerprint density at radius 1 is 1.20 bits per heavy atom. The van der Waals surface area contributed by atoms with Crippen LogP contribution in [0.1, 0.15) is 32.6 Å². The molecule has 0 saturated carbocycles. The number of halogens is 1. The third-order valence-corrected chi connectivity index (χ3v) is 4.20. The first-order valence-electron chi connectivity index (χ1n) is 7.80. The fourth-order valence-electron chi connectivity index (χ4n) is 2.93. The number of nitrogens with zero attached hydrogens (tertiary/aromatic N) is 3. The lowest BCUT2D eigenvalue weighted by Gasteiger charge is -2.47. The van der Waals surface area contributed by atoms with Crippen molar-refractivity contribution in [3.63, 3.8) is 0 Å². The molecule has 0 spiro atoms. The molecule has 3 rings (SSSR count). The lowest BCUT2D eigenvalue weighted by atomic mass is 10.1. The number of nitrogens with one attached hydrogen (secondary N) is 1. The molecule has 0 aromatic rings. The van der Waals surface area contributed by atoms with Gasteiger partial charge in [0.2, 0.25) is 0 Å². The van der Waals surface area contributed by atoms with E-state index in [2.05, 4.69) is 27.0 Å². The van der Waals surface area contributed by atoms with Crippen LogP contribution in [0.2, 0.25) is 0 Å². The fraction of sp³-hybridized carbons (Fsp3) is 0.929. The van der Waals surface area contributed by atoms with Crippen LogP contribution in [0.5, 0.6) is 0 Å². The summed E-state index contributed by atoms with van der Waals surface area (Å²) in [5, 5.41) is 3.22. The zero-order valence-corrected chi connectivity index (χ0v) is 15.0. The molecule has 0 radical (unpaired) electrons. The monoisotopic (exact) mass is 395 g/mol. The van der Waals surface area contributed by atoms with E-state index in [-0.39, 0.29) is 24.0 Å². The number of aliphatic imine (C=N–C) groups is 1. The van der Waals surface area contributed by atoms with Crippen molar-refractivity contribution in [2.75, 3.05) is 45.8 Å². The number of nitrogens with two attached hydrogens (primary N) is 1. The van der Waals surface area contributed by atoms with Gasteiger partial charge < -0.3 is 11.1 Å². The molecule has 0 aromatic heterocycles. The Bertz CT molecular complexity index is 289. The van der Waals surface area contributed by atoms with Crippen molar-refractivity contribution in [3.05, 3.63) is 0 Å². The van der Waals surface area contributed by atoms with E-state index in [4.69, 9.17) is 5.73 Å². The van der Waals surface area contributed by atoms with E-state index in [1.54, 1.807) is 0 Å². The summed E-state index contributed by atoms with van der Waals surface area (Å²) >= 11 is 0. The average Bonchev–Trinajstić information content (AvgIpc) is 2.46. The van der Waals surface area contributed by atoms with E-state index < -0.39 is 0 Å². The van der Waals surface area contributed by atoms with Crippen LogP contribution in [0.4, 0.5) is 0 Å². The molecule has 3 fully saturated rings. The van der Waals surface area contributed by atoms with E-state index in [9.17, 15) is 0 Å². The molecule has 5 nitrogen and oxygen atoms in total. The smallest absolute Gasteiger partial charge is 0.188 e. The van der Waals surface area contributed by atoms with Gasteiger partial charge in [-0.1, -0.05) is 26.2 Å². The van der Waals surface area contributed by atoms with Crippen molar-refractivity contribution in [3.8, 4) is 0 Å². The van der Waals surface area contributed by atoms with E-state index in [0.717, 1.165) is 19.6 Å². The first kappa shape index (κ1) is 18.0. The maximum absolute atomic E-state index is 5.91. The second-order valence-corrected chi connectivity index (χ2v) is 5.70. The molecule has 0 amide bonds. The number of unbranched alkanes of at least 4 members (excludes halogenated alkanes) is 3. The summed E-state index contributed by atoms with van der Waals surface area (Å²) in [4.78, 5) is 9.59. The summed E-state index contributed by atoms with van der Waals surface area (Å²) in [5.41, 5.74) is 5.91. The number of hydrogen-bond donors (Lipinski definition) is 2. The van der Waals surface area contributed by atoms with Crippen LogP contribution < -0.4 is 11.1 Å². The lowest BCUT2D eigenvalue weighted by Crippen LogP contribution is -2.61. The van der Waals surface area contributed by atoms with Gasteiger partial charge in [0.1, 0.15) is 0 Å². The Kier molecular flexibility index (Phi) is 8.79. The second kappa shape index (κ2) is 9.78. The normalized spacial score (nSPS) is 29.1. The summed E-state index contributed by atoms with van der Waals surface area (Å²) in [6.45, 7) is 10.0. The molecular formula is C14H30IN5. The van der Waals surface area contributed by atoms with Gasteiger partial charge >= 0.3 is 0 Å². The minimum atomic E-state index is 0. The van der Waals surface area contributed by atoms with Crippen molar-refractivity contribution in [1.82, 2.24) is 15.1 Å². The molecule has 1 unspecified atom stereocenters. The highest BCUT2D eigenvalue weighted by Crippen LogP contribution is 2.15. The predicted octanol–water partition coefficient (Wildman–Crippen LogP) is 1.09. The number of rotatable bonds is 7. The Morgan fingerprint density at radius 3 is 2.55 bits per heavy atom. The first-order valence-corrected chi connectivity index (χ1v) is 7.80. The topological polar surface area (TPSA) is 56.9 Å². The molecule has 3 aliphatic rings. The second-order valence-electron chi connectivity index (χ2n) is 5.70. The van der Waals surface area contributed by atoms with Crippen molar-refractivity contribution >= 4 is 29.9 Å². The maximum Gasteiger partial charge on any atom is 0.188 e. The zero-order valence-electron chi connectivity index (χ0n) is 12.7. The maximum atomic E-state index is 5.91. The molecule has 6 heteroatoms. The first-order chi connectivity index (χ1) is 9.29. The number of guanidine groups is 1. The van der Waals surface area contributed by atoms with Gasteiger partial charge in [-0.15, -0.1) is 24.0 Å². The number of piperazine rings is 3. The molecule has 0 aliphatic carbocycles. The summed E-state index contributed by atoms with van der Waals surface area (Å²) < 4.78 is 0. The van der Waals surface area contributed by atoms with Crippen LogP contribution in [0.3, 0.4) is 0 Å². The molecule has 0 aromatic carbocycles. The van der Waals surface area contributed by atoms with Crippen LogP contribution in [-0.4, -0.2) is 67.6 Å². The van der Waals surface area contributed by atoms with E-state index in [0.29, 0.717) is 12.0 Å². The van der Waals surface area contributed by atoms with Gasteiger partial charge in [-0.05, 0) is 6.42 Å². The van der Waals surface area contributed by atoms with Crippen molar-refractivity contribution in [2.45, 2.75) is 38.6 Å². The number of hydrogen-bond acceptors (Lipinski definition) is 3. The third-order valence-electron chi connectivity index (χ3n) is 4.20. The van der Waals surface area contributed by atoms with Gasteiger partial charge in [0.05, 0.1) is 6.54 Å². The Balaban J connectivity index is 0.00000200. The Labute approximate surface area is 140 Å². The molecule has 2 bridgehead atoms. The quantitative estimate of drug-likeness (QED) is 0.293. The average molecular weight is 395 g/mol. The predicted molar refractivity (Wildman–Crippen MR) is 95.9 cm³/mol. The van der Waals surface area contributed by atoms with Crippen molar-refractivity contribution < 1.29 is 0 Å². The molecule has 3 aliphatic heterocycles. The van der Waals surface area contributed by atoms with Gasteiger partial charge in [-0.25, -0.2) is 0 Å². The Hall–Kier alpha value is -0.0800. The van der Waals surface area contributed by atoms with E-state index >= 15 is 0 Å². The molecule has 3 N–H and O–H groups in total. The molecular weight excluding hydrogens is 365 g/mol. The van der Waals surface area contributed by atoms with Gasteiger partial charge in [0.25, 0.3) is 0 Å². The van der Waals surface area contributed by atoms with Gasteiger partial charge in [0.15, 0.2) is 5.96 Å². The molecule has 1 atom stereocenters. The van der Waals surface area contributed by atoms with Gasteiger partial charge in [-0.3, -0.25) is 14.8 Å². The molecule has 20 heavy (non-hydrogen) atoms. The minimum absolute atomic E-state index is 0. The van der Waals surface area contributed by atoms with Crippen LogP contribution >= 0.6 is 24.0 Å². The third kappa shape index (κ3) is 5.73. The highest BCUT2D eigenvalue weighted by molar-refractivity contribution is 14.0. The molecule has 3 saturated heterocycles. The minimum Gasteiger partial charge on any atom is -0.370 e. The van der Waals surface area contributed by atoms with Crippen LogP contribution in [0.15, 0.2) is 4.99 Å². The van der Waals surface area contributed by atoms with E-state index in [1.165, 1.54) is 51.9 Å². The zero-order chi connectivity index (χ0) is 13.5. The van der Waals surface area contributed by atoms with Gasteiger partial charge in [-0.2, -0.15) is 0 Å². The SMILES string of the molecule is CCCCCCNC(N)=NCC1CN2CCN1CC2.I. The largest absolute Gasteiger partial charge is 0.370 e. The lowest BCUT2D eigenvalue weighted by molar-refractivity contribution is 0.0174. The van der Waals surface area contributed by atoms with Crippen molar-refractivity contribution in [1.29, 1.82) is 0 Å². The van der Waals surface area contributed by atoms with Crippen molar-refractivity contribution in [2.24, 2.45) is 10.7 Å². The summed E-state index contributed by atoms with van der Waals surface area (Å²) in [7, 11) is 0. The summed E-state index contributed by atoms with van der Waals surface area (Å²) in [6.07, 6.45) is 5.05. The fourth-order valence-corrected chi connectivity index (χ4v) is 2.93. The summed E-state index contributed by atoms with van der Waals surface area (Å²) in [5.74, 6) is 0.620. The van der Waals surface area contributed by atoms with Gasteiger partial charge in [0, 0.05) is 45.3 Å². The van der Waals surface area contributed by atoms with Crippen LogP contribution in [0.25, 0.3) is 0 Å². The molecule has 118 valence electrons. The van der Waals surface area contributed by atoms with Crippen LogP contribution in [-0.2, 0) is 0 Å². The summed E-state index contributed by atoms with van der Waals surface area (Å²) in [6, 6.07) is 0.572. The Morgan fingerprint density at radius 2 is 1.95 bits per heavy atom. The molecule has 3 heterocycles. The highest BCUT2D eigenvalue weighted by Gasteiger charge is 2.31. The van der Waals surface area contributed by atoms with Crippen LogP contribution in [0, 0.1) is 0 Å². The standard InChI is InChI=1S/C14H29N5.HI/c1-2-3-4-5-6-16-14(15)17-11-13-12-18-7-9-19(13)10-8-18;/h13H,2-12H2,1H3,(H3,15,16,17);1H. The van der Waals surface area contributed by atoms with E-state index in [1.807, 2.05) is 0 Å². The number of fused-ring (bicyclic) bond motifs is 3.